The zero-order valence-corrected chi connectivity index (χ0v) is 31.9. The minimum absolute atomic E-state index is 0.0753. The first-order valence-corrected chi connectivity index (χ1v) is 20.4. The van der Waals surface area contributed by atoms with Gasteiger partial charge < -0.3 is 24.6 Å². The molecule has 53 heavy (non-hydrogen) atoms. The van der Waals surface area contributed by atoms with Crippen LogP contribution in [0.15, 0.2) is 24.3 Å². The third-order valence-electron chi connectivity index (χ3n) is 10.6. The molecule has 3 aliphatic heterocycles. The van der Waals surface area contributed by atoms with Crippen LogP contribution in [0.1, 0.15) is 96.1 Å². The molecular weight excluding hydrogens is 731 g/mol. The van der Waals surface area contributed by atoms with Crippen molar-refractivity contribution in [1.29, 1.82) is 0 Å². The molecule has 0 aromatic heterocycles. The highest BCUT2D eigenvalue weighted by molar-refractivity contribution is 7.91. The van der Waals surface area contributed by atoms with Crippen LogP contribution in [0.3, 0.4) is 0 Å². The largest absolute Gasteiger partial charge is 0.460 e. The summed E-state index contributed by atoms with van der Waals surface area (Å²) < 4.78 is 53.8. The molecule has 2 N–H and O–H groups in total. The molecule has 5 atom stereocenters. The van der Waals surface area contributed by atoms with Crippen molar-refractivity contribution in [3.8, 4) is 0 Å². The Balaban J connectivity index is 1.25. The smallest absolute Gasteiger partial charge is 0.410 e. The summed E-state index contributed by atoms with van der Waals surface area (Å²) in [6.07, 6.45) is 6.25. The Morgan fingerprint density at radius 2 is 1.85 bits per heavy atom. The predicted molar refractivity (Wildman–Crippen MR) is 191 cm³/mol. The molecule has 3 fully saturated rings. The lowest BCUT2D eigenvalue weighted by molar-refractivity contribution is -0.159. The standard InChI is InChI=1S/C37H48ClFN4O9S/c1-36(2,3)52-31(44)17-22-9-7-5-4-6-8-10-23-19-37(23,34(47)41-53(49,50)25-11-12-25)40-32(45)30-18-24(20-43(30)33(22)46)51-35(48)42-16-15-26-27(21-42)29(39)14-13-28(26)38/h8,10,13-14,22-25,30H,4-7,9,11-12,15-21H2,1-3H3,(H,40,45)(H,41,47)/b10-8-/t22-,23-,24-,30+,37-/m1/s1. The highest BCUT2D eigenvalue weighted by Gasteiger charge is 2.62. The number of amides is 4. The van der Waals surface area contributed by atoms with E-state index in [0.29, 0.717) is 54.7 Å². The average Bonchev–Trinajstić information content (AvgIpc) is 4.01. The second-order valence-electron chi connectivity index (χ2n) is 15.9. The number of benzene rings is 1. The number of carbonyl (C=O) groups is 5. The first-order valence-electron chi connectivity index (χ1n) is 18.5. The number of hydrogen-bond donors (Lipinski definition) is 2. The number of hydrogen-bond acceptors (Lipinski definition) is 9. The van der Waals surface area contributed by atoms with Gasteiger partial charge in [0.25, 0.3) is 5.91 Å². The van der Waals surface area contributed by atoms with E-state index in [1.165, 1.54) is 21.9 Å². The quantitative estimate of drug-likeness (QED) is 0.316. The van der Waals surface area contributed by atoms with E-state index in [1.54, 1.807) is 20.8 Å². The molecule has 1 aromatic carbocycles. The highest BCUT2D eigenvalue weighted by Crippen LogP contribution is 2.46. The minimum atomic E-state index is -3.92. The number of carbonyl (C=O) groups excluding carboxylic acids is 5. The number of esters is 1. The molecule has 6 rings (SSSR count). The number of rotatable bonds is 6. The van der Waals surface area contributed by atoms with Gasteiger partial charge in [-0.15, -0.1) is 0 Å². The van der Waals surface area contributed by atoms with Crippen LogP contribution in [0.5, 0.6) is 0 Å². The van der Waals surface area contributed by atoms with Crippen LogP contribution in [0, 0.1) is 17.7 Å². The molecule has 1 aromatic rings. The molecular formula is C37H48ClFN4O9S. The topological polar surface area (TPSA) is 168 Å². The van der Waals surface area contributed by atoms with E-state index in [1.807, 2.05) is 12.2 Å². The van der Waals surface area contributed by atoms with Crippen LogP contribution in [0.4, 0.5) is 9.18 Å². The molecule has 5 aliphatic rings. The lowest BCUT2D eigenvalue weighted by Gasteiger charge is -2.30. The molecule has 16 heteroatoms. The van der Waals surface area contributed by atoms with E-state index in [4.69, 9.17) is 21.1 Å². The molecule has 3 heterocycles. The van der Waals surface area contributed by atoms with Gasteiger partial charge in [0, 0.05) is 35.4 Å². The first-order chi connectivity index (χ1) is 25.0. The summed E-state index contributed by atoms with van der Waals surface area (Å²) in [7, 11) is -3.92. The number of sulfonamides is 1. The Kier molecular flexibility index (Phi) is 11.2. The second kappa shape index (κ2) is 15.2. The number of nitrogens with one attached hydrogen (secondary N) is 2. The lowest BCUT2D eigenvalue weighted by atomic mass is 9.95. The summed E-state index contributed by atoms with van der Waals surface area (Å²) in [6, 6.07) is 1.51. The molecule has 290 valence electrons. The van der Waals surface area contributed by atoms with Crippen LogP contribution in [-0.2, 0) is 51.6 Å². The fraction of sp³-hybridized carbons (Fsp3) is 0.649. The Bertz CT molecular complexity index is 1800. The molecule has 4 amide bonds. The molecule has 0 radical (unpaired) electrons. The second-order valence-corrected chi connectivity index (χ2v) is 18.3. The van der Waals surface area contributed by atoms with Crippen LogP contribution >= 0.6 is 11.6 Å². The molecule has 13 nitrogen and oxygen atoms in total. The Morgan fingerprint density at radius 3 is 2.57 bits per heavy atom. The fourth-order valence-corrected chi connectivity index (χ4v) is 9.17. The van der Waals surface area contributed by atoms with Crippen molar-refractivity contribution in [2.24, 2.45) is 11.8 Å². The van der Waals surface area contributed by atoms with Crippen molar-refractivity contribution in [2.75, 3.05) is 13.1 Å². The zero-order valence-electron chi connectivity index (χ0n) is 30.3. The maximum atomic E-state index is 14.7. The zero-order chi connectivity index (χ0) is 38.3. The van der Waals surface area contributed by atoms with Crippen LogP contribution in [0.2, 0.25) is 5.02 Å². The summed E-state index contributed by atoms with van der Waals surface area (Å²) in [5, 5.41) is 2.55. The lowest BCUT2D eigenvalue weighted by Crippen LogP contribution is -2.57. The number of halogens is 2. The highest BCUT2D eigenvalue weighted by atomic mass is 35.5. The molecule has 0 bridgehead atoms. The molecule has 0 spiro atoms. The van der Waals surface area contributed by atoms with E-state index in [0.717, 1.165) is 12.8 Å². The first kappa shape index (κ1) is 39.0. The van der Waals surface area contributed by atoms with Crippen molar-refractivity contribution in [3.63, 3.8) is 0 Å². The third-order valence-corrected chi connectivity index (χ3v) is 12.8. The summed E-state index contributed by atoms with van der Waals surface area (Å²) in [5.41, 5.74) is -1.42. The Morgan fingerprint density at radius 1 is 1.09 bits per heavy atom. The minimum Gasteiger partial charge on any atom is -0.460 e. The predicted octanol–water partition coefficient (Wildman–Crippen LogP) is 4.29. The fourth-order valence-electron chi connectivity index (χ4n) is 7.53. The van der Waals surface area contributed by atoms with Gasteiger partial charge in [0.2, 0.25) is 21.8 Å². The van der Waals surface area contributed by atoms with Crippen LogP contribution in [-0.4, -0.2) is 89.6 Å². The van der Waals surface area contributed by atoms with Crippen molar-refractivity contribution >= 4 is 51.4 Å². The maximum absolute atomic E-state index is 14.7. The van der Waals surface area contributed by atoms with Crippen molar-refractivity contribution in [1.82, 2.24) is 19.8 Å². The van der Waals surface area contributed by atoms with Crippen molar-refractivity contribution in [2.45, 2.75) is 126 Å². The van der Waals surface area contributed by atoms with Gasteiger partial charge in [0.1, 0.15) is 29.1 Å². The number of ether oxygens (including phenoxy) is 2. The van der Waals surface area contributed by atoms with Gasteiger partial charge in [0.15, 0.2) is 0 Å². The SMILES string of the molecule is CC(C)(C)OC(=O)C[C@H]1CCCCC/C=C\[C@@H]2C[C@@]2(C(=O)NS(=O)(=O)C2CC2)NC(=O)[C@@H]2C[C@@H](OC(=O)N3CCc4c(Cl)ccc(F)c4C3)CN2C1=O. The monoisotopic (exact) mass is 778 g/mol. The third kappa shape index (κ3) is 8.98. The number of nitrogens with zero attached hydrogens (tertiary/aromatic N) is 2. The molecule has 0 unspecified atom stereocenters. The van der Waals surface area contributed by atoms with Crippen molar-refractivity contribution < 1.29 is 46.3 Å². The van der Waals surface area contributed by atoms with E-state index >= 15 is 0 Å². The van der Waals surface area contributed by atoms with Crippen molar-refractivity contribution in [3.05, 3.63) is 46.3 Å². The normalized spacial score (nSPS) is 28.6. The Hall–Kier alpha value is -3.72. The summed E-state index contributed by atoms with van der Waals surface area (Å²) in [4.78, 5) is 71.4. The maximum Gasteiger partial charge on any atom is 0.410 e. The van der Waals surface area contributed by atoms with Gasteiger partial charge in [0.05, 0.1) is 24.8 Å². The molecule has 2 aliphatic carbocycles. The van der Waals surface area contributed by atoms with Gasteiger partial charge in [-0.25, -0.2) is 17.6 Å². The summed E-state index contributed by atoms with van der Waals surface area (Å²) in [6.45, 7) is 5.15. The van der Waals surface area contributed by atoms with Crippen LogP contribution in [0.25, 0.3) is 0 Å². The van der Waals surface area contributed by atoms with Crippen LogP contribution < -0.4 is 10.0 Å². The van der Waals surface area contributed by atoms with Gasteiger partial charge in [-0.3, -0.25) is 23.9 Å². The van der Waals surface area contributed by atoms with E-state index in [9.17, 15) is 36.8 Å². The van der Waals surface area contributed by atoms with E-state index in [-0.39, 0.29) is 38.9 Å². The molecule has 2 saturated carbocycles. The molecule has 1 saturated heterocycles. The van der Waals surface area contributed by atoms with E-state index in [2.05, 4.69) is 10.0 Å². The Labute approximate surface area is 314 Å². The van der Waals surface area contributed by atoms with E-state index < -0.39 is 86.0 Å². The summed E-state index contributed by atoms with van der Waals surface area (Å²) in [5.74, 6) is -4.41. The number of allylic oxidation sites excluding steroid dienone is 1. The van der Waals surface area contributed by atoms with Gasteiger partial charge in [-0.1, -0.05) is 36.6 Å². The van der Waals surface area contributed by atoms with Gasteiger partial charge in [-0.2, -0.15) is 0 Å². The van der Waals surface area contributed by atoms with Gasteiger partial charge >= 0.3 is 12.1 Å². The summed E-state index contributed by atoms with van der Waals surface area (Å²) >= 11 is 6.27. The number of fused-ring (bicyclic) bond motifs is 3. The average molecular weight is 779 g/mol. The van der Waals surface area contributed by atoms with Gasteiger partial charge in [-0.05, 0) is 83.4 Å².